The second-order valence-electron chi connectivity index (χ2n) is 5.25. The van der Waals surface area contributed by atoms with E-state index < -0.39 is 0 Å². The Morgan fingerprint density at radius 1 is 1.24 bits per heavy atom. The van der Waals surface area contributed by atoms with Gasteiger partial charge >= 0.3 is 0 Å². The largest absolute Gasteiger partial charge is 0.348 e. The first kappa shape index (κ1) is 15.8. The van der Waals surface area contributed by atoms with E-state index in [1.54, 1.807) is 4.68 Å². The van der Waals surface area contributed by atoms with Crippen LogP contribution in [0.15, 0.2) is 34.8 Å². The molecule has 0 radical (unpaired) electrons. The van der Waals surface area contributed by atoms with Gasteiger partial charge < -0.3 is 5.32 Å². The van der Waals surface area contributed by atoms with Crippen LogP contribution in [0.4, 0.5) is 0 Å². The fourth-order valence-corrected chi connectivity index (χ4v) is 2.55. The number of carbonyl (C=O) groups is 1. The number of hydrogen-bond acceptors (Lipinski definition) is 2. The van der Waals surface area contributed by atoms with E-state index in [9.17, 15) is 4.79 Å². The van der Waals surface area contributed by atoms with E-state index in [2.05, 4.69) is 26.3 Å². The Kier molecular flexibility index (Phi) is 4.83. The van der Waals surface area contributed by atoms with Gasteiger partial charge in [-0.2, -0.15) is 5.10 Å². The van der Waals surface area contributed by atoms with Gasteiger partial charge in [0, 0.05) is 0 Å². The minimum absolute atomic E-state index is 0.0263. The number of benzene rings is 1. The van der Waals surface area contributed by atoms with Crippen molar-refractivity contribution in [3.05, 3.63) is 51.8 Å². The van der Waals surface area contributed by atoms with Crippen LogP contribution in [0.5, 0.6) is 0 Å². The molecular weight excluding hydrogens is 330 g/mol. The molecule has 1 amide bonds. The maximum absolute atomic E-state index is 12.4. The van der Waals surface area contributed by atoms with E-state index in [4.69, 9.17) is 0 Å². The normalized spacial score (nSPS) is 13.8. The van der Waals surface area contributed by atoms with Crippen molar-refractivity contribution in [2.24, 2.45) is 0 Å². The van der Waals surface area contributed by atoms with E-state index in [1.165, 1.54) is 0 Å². The standard InChI is InChI=1S/C16H20BrN3O/c1-10(14-8-6-5-7-9-14)18-16(21)13(4)20-12(3)15(17)11(2)19-20/h5-10,13H,1-4H3,(H,18,21). The molecule has 0 bridgehead atoms. The molecule has 1 aromatic heterocycles. The molecule has 4 nitrogen and oxygen atoms in total. The van der Waals surface area contributed by atoms with E-state index in [-0.39, 0.29) is 18.0 Å². The summed E-state index contributed by atoms with van der Waals surface area (Å²) >= 11 is 3.49. The topological polar surface area (TPSA) is 46.9 Å². The highest BCUT2D eigenvalue weighted by atomic mass is 79.9. The molecule has 5 heteroatoms. The Labute approximate surface area is 133 Å². The molecule has 2 atom stereocenters. The molecule has 1 aromatic carbocycles. The van der Waals surface area contributed by atoms with Crippen LogP contribution in [0.1, 0.15) is 42.9 Å². The molecule has 2 rings (SSSR count). The lowest BCUT2D eigenvalue weighted by molar-refractivity contribution is -0.124. The molecule has 0 saturated carbocycles. The summed E-state index contributed by atoms with van der Waals surface area (Å²) < 4.78 is 2.71. The van der Waals surface area contributed by atoms with Gasteiger partial charge in [0.25, 0.3) is 0 Å². The Bertz CT molecular complexity index is 636. The smallest absolute Gasteiger partial charge is 0.245 e. The summed E-state index contributed by atoms with van der Waals surface area (Å²) in [5.41, 5.74) is 2.94. The average molecular weight is 350 g/mol. The van der Waals surface area contributed by atoms with Crippen molar-refractivity contribution in [1.29, 1.82) is 0 Å². The van der Waals surface area contributed by atoms with Crippen molar-refractivity contribution in [1.82, 2.24) is 15.1 Å². The van der Waals surface area contributed by atoms with Gasteiger partial charge in [-0.1, -0.05) is 30.3 Å². The summed E-state index contributed by atoms with van der Waals surface area (Å²) in [5, 5.41) is 7.46. The zero-order valence-electron chi connectivity index (χ0n) is 12.7. The first-order valence-corrected chi connectivity index (χ1v) is 7.77. The van der Waals surface area contributed by atoms with Crippen LogP contribution in [-0.4, -0.2) is 15.7 Å². The molecule has 0 aliphatic carbocycles. The van der Waals surface area contributed by atoms with Crippen molar-refractivity contribution in [3.63, 3.8) is 0 Å². The number of hydrogen-bond donors (Lipinski definition) is 1. The van der Waals surface area contributed by atoms with E-state index >= 15 is 0 Å². The van der Waals surface area contributed by atoms with Crippen LogP contribution in [-0.2, 0) is 4.79 Å². The van der Waals surface area contributed by atoms with E-state index in [0.29, 0.717) is 0 Å². The Morgan fingerprint density at radius 3 is 2.38 bits per heavy atom. The van der Waals surface area contributed by atoms with E-state index in [0.717, 1.165) is 21.4 Å². The Balaban J connectivity index is 2.11. The third-order valence-electron chi connectivity index (χ3n) is 3.64. The highest BCUT2D eigenvalue weighted by Crippen LogP contribution is 2.23. The fraction of sp³-hybridized carbons (Fsp3) is 0.375. The van der Waals surface area contributed by atoms with Gasteiger partial charge in [-0.3, -0.25) is 9.48 Å². The van der Waals surface area contributed by atoms with E-state index in [1.807, 2.05) is 58.0 Å². The number of aromatic nitrogens is 2. The summed E-state index contributed by atoms with van der Waals surface area (Å²) in [5.74, 6) is -0.0375. The lowest BCUT2D eigenvalue weighted by atomic mass is 10.1. The molecular formula is C16H20BrN3O. The molecule has 0 fully saturated rings. The van der Waals surface area contributed by atoms with Crippen molar-refractivity contribution < 1.29 is 4.79 Å². The van der Waals surface area contributed by atoms with Gasteiger partial charge in [0.05, 0.1) is 21.9 Å². The first-order valence-electron chi connectivity index (χ1n) is 6.98. The predicted octanol–water partition coefficient (Wildman–Crippen LogP) is 3.70. The SMILES string of the molecule is Cc1nn(C(C)C(=O)NC(C)c2ccccc2)c(C)c1Br. The van der Waals surface area contributed by atoms with Gasteiger partial charge in [-0.15, -0.1) is 0 Å². The maximum Gasteiger partial charge on any atom is 0.245 e. The van der Waals surface area contributed by atoms with Gasteiger partial charge in [0.1, 0.15) is 6.04 Å². The summed E-state index contributed by atoms with van der Waals surface area (Å²) in [7, 11) is 0. The van der Waals surface area contributed by atoms with Crippen LogP contribution in [0.2, 0.25) is 0 Å². The molecule has 1 heterocycles. The predicted molar refractivity (Wildman–Crippen MR) is 87.1 cm³/mol. The zero-order chi connectivity index (χ0) is 15.6. The minimum atomic E-state index is -0.346. The van der Waals surface area contributed by atoms with Gasteiger partial charge in [0.2, 0.25) is 5.91 Å². The summed E-state index contributed by atoms with van der Waals surface area (Å²) in [6, 6.07) is 9.56. The molecule has 0 spiro atoms. The number of halogens is 1. The monoisotopic (exact) mass is 349 g/mol. The maximum atomic E-state index is 12.4. The number of carbonyl (C=O) groups excluding carboxylic acids is 1. The minimum Gasteiger partial charge on any atom is -0.348 e. The van der Waals surface area contributed by atoms with Gasteiger partial charge in [0.15, 0.2) is 0 Å². The Hall–Kier alpha value is -1.62. The van der Waals surface area contributed by atoms with Gasteiger partial charge in [-0.05, 0) is 49.2 Å². The number of aryl methyl sites for hydroxylation is 1. The highest BCUT2D eigenvalue weighted by Gasteiger charge is 2.21. The number of nitrogens with zero attached hydrogens (tertiary/aromatic N) is 2. The molecule has 0 aliphatic heterocycles. The van der Waals surface area contributed by atoms with Gasteiger partial charge in [-0.25, -0.2) is 0 Å². The van der Waals surface area contributed by atoms with Crippen molar-refractivity contribution in [2.75, 3.05) is 0 Å². The third-order valence-corrected chi connectivity index (χ3v) is 4.79. The molecule has 2 unspecified atom stereocenters. The zero-order valence-corrected chi connectivity index (χ0v) is 14.3. The van der Waals surface area contributed by atoms with Crippen molar-refractivity contribution >= 4 is 21.8 Å². The molecule has 21 heavy (non-hydrogen) atoms. The van der Waals surface area contributed by atoms with Crippen LogP contribution >= 0.6 is 15.9 Å². The van der Waals surface area contributed by atoms with Crippen LogP contribution in [0, 0.1) is 13.8 Å². The van der Waals surface area contributed by atoms with Crippen LogP contribution in [0.3, 0.4) is 0 Å². The number of nitrogens with one attached hydrogen (secondary N) is 1. The summed E-state index contributed by atoms with van der Waals surface area (Å²) in [6.45, 7) is 7.72. The fourth-order valence-electron chi connectivity index (χ4n) is 2.29. The highest BCUT2D eigenvalue weighted by molar-refractivity contribution is 9.10. The molecule has 1 N–H and O–H groups in total. The number of amides is 1. The average Bonchev–Trinajstić information content (AvgIpc) is 2.75. The summed E-state index contributed by atoms with van der Waals surface area (Å²) in [4.78, 5) is 12.4. The second kappa shape index (κ2) is 6.43. The summed E-state index contributed by atoms with van der Waals surface area (Å²) in [6.07, 6.45) is 0. The van der Waals surface area contributed by atoms with Crippen molar-refractivity contribution in [3.8, 4) is 0 Å². The quantitative estimate of drug-likeness (QED) is 0.914. The third kappa shape index (κ3) is 3.35. The number of rotatable bonds is 4. The second-order valence-corrected chi connectivity index (χ2v) is 6.04. The lowest BCUT2D eigenvalue weighted by Crippen LogP contribution is -2.33. The van der Waals surface area contributed by atoms with Crippen LogP contribution in [0.25, 0.3) is 0 Å². The first-order chi connectivity index (χ1) is 9.91. The molecule has 2 aromatic rings. The van der Waals surface area contributed by atoms with Crippen LogP contribution < -0.4 is 5.32 Å². The lowest BCUT2D eigenvalue weighted by Gasteiger charge is -2.19. The molecule has 112 valence electrons. The molecule has 0 aliphatic rings. The Morgan fingerprint density at radius 2 is 1.86 bits per heavy atom. The van der Waals surface area contributed by atoms with Crippen molar-refractivity contribution in [2.45, 2.75) is 39.8 Å². The molecule has 0 saturated heterocycles.